The molecule has 4 aromatic rings. The van der Waals surface area contributed by atoms with Gasteiger partial charge in [0.25, 0.3) is 5.91 Å². The predicted molar refractivity (Wildman–Crippen MR) is 148 cm³/mol. The number of carbonyl (C=O) groups is 1. The van der Waals surface area contributed by atoms with Crippen molar-refractivity contribution in [3.05, 3.63) is 113 Å². The van der Waals surface area contributed by atoms with Crippen molar-refractivity contribution in [1.82, 2.24) is 4.90 Å². The molecular weight excluding hydrogens is 470 g/mol. The van der Waals surface area contributed by atoms with Gasteiger partial charge in [-0.15, -0.1) is 0 Å². The van der Waals surface area contributed by atoms with E-state index >= 15 is 0 Å². The van der Waals surface area contributed by atoms with E-state index in [0.29, 0.717) is 6.54 Å². The fourth-order valence-corrected chi connectivity index (χ4v) is 6.77. The van der Waals surface area contributed by atoms with Crippen LogP contribution in [0.3, 0.4) is 0 Å². The third kappa shape index (κ3) is 4.13. The quantitative estimate of drug-likeness (QED) is 0.285. The molecule has 0 N–H and O–H groups in total. The smallest absolute Gasteiger partial charge is 0.269 e. The lowest BCUT2D eigenvalue weighted by molar-refractivity contribution is -0.122. The molecule has 1 saturated heterocycles. The number of benzene rings is 4. The van der Waals surface area contributed by atoms with Crippen molar-refractivity contribution in [2.24, 2.45) is 4.99 Å². The summed E-state index contributed by atoms with van der Waals surface area (Å²) in [6, 6.07) is 32.9. The minimum Gasteiger partial charge on any atom is -0.337 e. The molecule has 0 radical (unpaired) electrons. The Morgan fingerprint density at radius 1 is 0.800 bits per heavy atom. The number of nitrogens with zero attached hydrogens (tertiary/aromatic N) is 3. The molecule has 0 unspecified atom stereocenters. The summed E-state index contributed by atoms with van der Waals surface area (Å²) < 4.78 is 0. The number of rotatable bonds is 4. The highest BCUT2D eigenvalue weighted by Gasteiger charge is 2.39. The molecule has 1 amide bonds. The first kappa shape index (κ1) is 22.0. The Morgan fingerprint density at radius 2 is 1.54 bits per heavy atom. The van der Waals surface area contributed by atoms with Crippen molar-refractivity contribution < 1.29 is 4.79 Å². The Hall–Kier alpha value is -3.48. The lowest BCUT2D eigenvalue weighted by atomic mass is 10.1. The van der Waals surface area contributed by atoms with Gasteiger partial charge in [-0.3, -0.25) is 9.69 Å². The van der Waals surface area contributed by atoms with Gasteiger partial charge in [-0.1, -0.05) is 90.6 Å². The molecule has 0 atom stereocenters. The van der Waals surface area contributed by atoms with Crippen LogP contribution >= 0.6 is 23.5 Å². The van der Waals surface area contributed by atoms with Gasteiger partial charge in [0.2, 0.25) is 0 Å². The van der Waals surface area contributed by atoms with Gasteiger partial charge in [-0.05, 0) is 47.3 Å². The normalized spacial score (nSPS) is 18.7. The first-order valence-electron chi connectivity index (χ1n) is 11.5. The fourth-order valence-electron chi connectivity index (χ4n) is 4.41. The number of amides is 1. The molecular formula is C29H23N3OS2. The summed E-state index contributed by atoms with van der Waals surface area (Å²) in [5.41, 5.74) is 3.21. The molecule has 1 fully saturated rings. The van der Waals surface area contributed by atoms with Gasteiger partial charge in [0.15, 0.2) is 5.17 Å². The average molecular weight is 494 g/mol. The predicted octanol–water partition coefficient (Wildman–Crippen LogP) is 7.06. The molecule has 0 spiro atoms. The maximum absolute atomic E-state index is 13.8. The van der Waals surface area contributed by atoms with Gasteiger partial charge in [0.05, 0.1) is 16.4 Å². The van der Waals surface area contributed by atoms with E-state index in [0.717, 1.165) is 43.7 Å². The van der Waals surface area contributed by atoms with Gasteiger partial charge in [0, 0.05) is 23.9 Å². The molecule has 2 aliphatic heterocycles. The number of anilines is 1. The van der Waals surface area contributed by atoms with E-state index in [4.69, 9.17) is 4.99 Å². The lowest BCUT2D eigenvalue weighted by Crippen LogP contribution is -2.31. The molecule has 6 rings (SSSR count). The zero-order valence-corrected chi connectivity index (χ0v) is 20.9. The third-order valence-corrected chi connectivity index (χ3v) is 8.68. The molecule has 0 saturated carbocycles. The topological polar surface area (TPSA) is 35.9 Å². The van der Waals surface area contributed by atoms with Crippen LogP contribution in [0.15, 0.2) is 117 Å². The Bertz CT molecular complexity index is 1490. The van der Waals surface area contributed by atoms with Crippen LogP contribution in [0.25, 0.3) is 10.8 Å². The molecule has 35 heavy (non-hydrogen) atoms. The second-order valence-corrected chi connectivity index (χ2v) is 10.5. The number of para-hydroxylation sites is 1. The van der Waals surface area contributed by atoms with E-state index in [2.05, 4.69) is 47.4 Å². The molecule has 4 nitrogen and oxygen atoms in total. The first-order chi connectivity index (χ1) is 17.2. The van der Waals surface area contributed by atoms with Gasteiger partial charge < -0.3 is 4.90 Å². The van der Waals surface area contributed by atoms with Crippen molar-refractivity contribution in [3.8, 4) is 0 Å². The van der Waals surface area contributed by atoms with Crippen LogP contribution in [-0.2, 0) is 11.2 Å². The summed E-state index contributed by atoms with van der Waals surface area (Å²) in [6.45, 7) is 0.581. The summed E-state index contributed by atoms with van der Waals surface area (Å²) in [4.78, 5) is 24.7. The number of thioether (sulfide) groups is 2. The van der Waals surface area contributed by atoms with Crippen molar-refractivity contribution in [2.75, 3.05) is 18.5 Å². The average Bonchev–Trinajstić information content (AvgIpc) is 3.39. The van der Waals surface area contributed by atoms with Gasteiger partial charge >= 0.3 is 0 Å². The SMILES string of the molecule is CN1C(=C2SC(=Nc3cccc4ccccc34)N(CCc3ccccc3)C2=O)Sc2ccccc21. The van der Waals surface area contributed by atoms with E-state index in [9.17, 15) is 4.79 Å². The van der Waals surface area contributed by atoms with Gasteiger partial charge in [-0.25, -0.2) is 4.99 Å². The monoisotopic (exact) mass is 493 g/mol. The van der Waals surface area contributed by atoms with Gasteiger partial charge in [-0.2, -0.15) is 0 Å². The number of carbonyl (C=O) groups excluding carboxylic acids is 1. The minimum absolute atomic E-state index is 0.0204. The Balaban J connectivity index is 1.41. The van der Waals surface area contributed by atoms with E-state index in [1.165, 1.54) is 22.2 Å². The van der Waals surface area contributed by atoms with Crippen LogP contribution in [-0.4, -0.2) is 29.6 Å². The highest BCUT2D eigenvalue weighted by molar-refractivity contribution is 8.19. The Morgan fingerprint density at radius 3 is 2.40 bits per heavy atom. The van der Waals surface area contributed by atoms with Crippen molar-refractivity contribution in [1.29, 1.82) is 0 Å². The van der Waals surface area contributed by atoms with Crippen LogP contribution in [0.1, 0.15) is 5.56 Å². The zero-order chi connectivity index (χ0) is 23.8. The molecule has 0 aromatic heterocycles. The number of hydrogen-bond acceptors (Lipinski definition) is 5. The number of amidine groups is 1. The molecule has 4 aromatic carbocycles. The first-order valence-corrected chi connectivity index (χ1v) is 13.2. The van der Waals surface area contributed by atoms with Crippen molar-refractivity contribution in [3.63, 3.8) is 0 Å². The summed E-state index contributed by atoms with van der Waals surface area (Å²) in [6.07, 6.45) is 0.771. The number of hydrogen-bond donors (Lipinski definition) is 0. The molecule has 0 aliphatic carbocycles. The molecule has 2 heterocycles. The lowest BCUT2D eigenvalue weighted by Gasteiger charge is -2.17. The Kier molecular flexibility index (Phi) is 5.84. The van der Waals surface area contributed by atoms with E-state index in [-0.39, 0.29) is 5.91 Å². The fraction of sp³-hybridized carbons (Fsp3) is 0.103. The summed E-state index contributed by atoms with van der Waals surface area (Å²) in [7, 11) is 2.03. The van der Waals surface area contributed by atoms with E-state index < -0.39 is 0 Å². The van der Waals surface area contributed by atoms with Gasteiger partial charge in [0.1, 0.15) is 4.91 Å². The maximum Gasteiger partial charge on any atom is 0.269 e. The Labute approximate surface area is 213 Å². The number of fused-ring (bicyclic) bond motifs is 2. The van der Waals surface area contributed by atoms with E-state index in [1.807, 2.05) is 66.5 Å². The van der Waals surface area contributed by atoms with Crippen LogP contribution in [0.2, 0.25) is 0 Å². The summed E-state index contributed by atoms with van der Waals surface area (Å²) in [5, 5.41) is 3.92. The molecule has 0 bridgehead atoms. The van der Waals surface area contributed by atoms with Crippen LogP contribution in [0, 0.1) is 0 Å². The third-order valence-electron chi connectivity index (χ3n) is 6.25. The molecule has 2 aliphatic rings. The molecule has 6 heteroatoms. The van der Waals surface area contributed by atoms with Crippen LogP contribution in [0.5, 0.6) is 0 Å². The second kappa shape index (κ2) is 9.29. The van der Waals surface area contributed by atoms with Crippen LogP contribution in [0.4, 0.5) is 11.4 Å². The second-order valence-electron chi connectivity index (χ2n) is 8.45. The van der Waals surface area contributed by atoms with Crippen molar-refractivity contribution in [2.45, 2.75) is 11.3 Å². The summed E-state index contributed by atoms with van der Waals surface area (Å²) >= 11 is 3.14. The zero-order valence-electron chi connectivity index (χ0n) is 19.2. The molecule has 172 valence electrons. The highest BCUT2D eigenvalue weighted by Crippen LogP contribution is 2.50. The van der Waals surface area contributed by atoms with E-state index in [1.54, 1.807) is 11.8 Å². The summed E-state index contributed by atoms with van der Waals surface area (Å²) in [5.74, 6) is 0.0204. The number of aliphatic imine (C=N–C) groups is 1. The van der Waals surface area contributed by atoms with Crippen LogP contribution < -0.4 is 4.90 Å². The standard InChI is InChI=1S/C29H23N3OS2/c1-31-24-16-7-8-17-25(24)34-28(31)26-27(33)32(19-18-20-10-3-2-4-11-20)29(35-26)30-23-15-9-13-21-12-5-6-14-22(21)23/h2-17H,18-19H2,1H3. The van der Waals surface area contributed by atoms with Crippen molar-refractivity contribution >= 4 is 56.7 Å². The maximum atomic E-state index is 13.8. The minimum atomic E-state index is 0.0204. The highest BCUT2D eigenvalue weighted by atomic mass is 32.2. The largest absolute Gasteiger partial charge is 0.337 e.